The largest absolute Gasteiger partial charge is 0.480 e. The fourth-order valence-electron chi connectivity index (χ4n) is 2.27. The minimum atomic E-state index is -1.06. The monoisotopic (exact) mass is 285 g/mol. The first-order chi connectivity index (χ1) is 8.50. The molecule has 0 aliphatic heterocycles. The third-order valence-electron chi connectivity index (χ3n) is 2.52. The van der Waals surface area contributed by atoms with E-state index in [1.807, 2.05) is 0 Å². The van der Waals surface area contributed by atoms with Crippen LogP contribution in [-0.2, 0) is 4.79 Å². The number of nitrogens with one attached hydrogen (secondary N) is 1. The van der Waals surface area contributed by atoms with Crippen molar-refractivity contribution in [3.63, 3.8) is 0 Å². The predicted molar refractivity (Wildman–Crippen MR) is 78.5 cm³/mol. The van der Waals surface area contributed by atoms with E-state index in [2.05, 4.69) is 44.9 Å². The van der Waals surface area contributed by atoms with Gasteiger partial charge in [-0.1, -0.05) is 20.8 Å². The van der Waals surface area contributed by atoms with Gasteiger partial charge in [-0.25, -0.2) is 4.98 Å². The molecule has 1 heterocycles. The lowest BCUT2D eigenvalue weighted by Crippen LogP contribution is -2.35. The van der Waals surface area contributed by atoms with E-state index in [0.29, 0.717) is 10.8 Å². The molecule has 0 amide bonds. The molecule has 6 heteroatoms. The molecule has 19 heavy (non-hydrogen) atoms. The number of nitrogens with two attached hydrogens (primary N) is 1. The Balaban J connectivity index is 2.75. The van der Waals surface area contributed by atoms with E-state index < -0.39 is 12.0 Å². The number of hydrogen-bond donors (Lipinski definition) is 3. The molecule has 0 spiro atoms. The maximum absolute atomic E-state index is 10.8. The minimum Gasteiger partial charge on any atom is -0.480 e. The van der Waals surface area contributed by atoms with Crippen LogP contribution < -0.4 is 11.1 Å². The zero-order chi connectivity index (χ0) is 14.8. The van der Waals surface area contributed by atoms with Crippen LogP contribution in [0, 0.1) is 5.41 Å². The van der Waals surface area contributed by atoms with Crippen molar-refractivity contribution in [2.75, 3.05) is 5.32 Å². The smallest absolute Gasteiger partial charge is 0.326 e. The van der Waals surface area contributed by atoms with Crippen molar-refractivity contribution in [1.82, 2.24) is 4.98 Å². The van der Waals surface area contributed by atoms with Gasteiger partial charge in [0.15, 0.2) is 5.13 Å². The Morgan fingerprint density at radius 1 is 1.47 bits per heavy atom. The van der Waals surface area contributed by atoms with Gasteiger partial charge in [-0.15, -0.1) is 11.3 Å². The summed E-state index contributed by atoms with van der Waals surface area (Å²) < 4.78 is 0. The Kier molecular flexibility index (Phi) is 4.58. The number of aromatic nitrogens is 1. The lowest BCUT2D eigenvalue weighted by molar-refractivity contribution is -0.138. The van der Waals surface area contributed by atoms with E-state index in [-0.39, 0.29) is 11.0 Å². The number of carboxylic acids is 1. The molecule has 5 nitrogen and oxygen atoms in total. The molecule has 0 saturated heterocycles. The highest BCUT2D eigenvalue weighted by Gasteiger charge is 2.26. The van der Waals surface area contributed by atoms with Crippen LogP contribution in [0.1, 0.15) is 52.8 Å². The van der Waals surface area contributed by atoms with Gasteiger partial charge in [0.2, 0.25) is 0 Å². The maximum Gasteiger partial charge on any atom is 0.326 e. The lowest BCUT2D eigenvalue weighted by Gasteiger charge is -2.33. The van der Waals surface area contributed by atoms with Crippen molar-refractivity contribution in [3.05, 3.63) is 11.1 Å². The molecule has 1 atom stereocenters. The van der Waals surface area contributed by atoms with E-state index in [0.717, 1.165) is 6.42 Å². The summed E-state index contributed by atoms with van der Waals surface area (Å²) >= 11 is 1.38. The summed E-state index contributed by atoms with van der Waals surface area (Å²) in [5.74, 6) is -1.06. The van der Waals surface area contributed by atoms with Crippen LogP contribution >= 0.6 is 11.3 Å². The van der Waals surface area contributed by atoms with Gasteiger partial charge in [-0.05, 0) is 25.7 Å². The zero-order valence-corrected chi connectivity index (χ0v) is 13.0. The van der Waals surface area contributed by atoms with Crippen molar-refractivity contribution in [2.24, 2.45) is 11.1 Å². The van der Waals surface area contributed by atoms with Crippen LogP contribution in [0.5, 0.6) is 0 Å². The quantitative estimate of drug-likeness (QED) is 0.774. The molecule has 108 valence electrons. The van der Waals surface area contributed by atoms with Gasteiger partial charge in [-0.3, -0.25) is 4.79 Å². The van der Waals surface area contributed by atoms with E-state index >= 15 is 0 Å². The summed E-state index contributed by atoms with van der Waals surface area (Å²) in [5, 5.41) is 14.6. The Bertz CT molecular complexity index is 449. The first-order valence-electron chi connectivity index (χ1n) is 6.22. The molecule has 1 aromatic heterocycles. The first kappa shape index (κ1) is 15.9. The van der Waals surface area contributed by atoms with E-state index in [9.17, 15) is 4.79 Å². The van der Waals surface area contributed by atoms with Gasteiger partial charge in [0.25, 0.3) is 0 Å². The summed E-state index contributed by atoms with van der Waals surface area (Å²) in [4.78, 5) is 15.0. The van der Waals surface area contributed by atoms with Crippen molar-refractivity contribution in [2.45, 2.75) is 52.6 Å². The first-order valence-corrected chi connectivity index (χ1v) is 7.10. The molecule has 4 N–H and O–H groups in total. The summed E-state index contributed by atoms with van der Waals surface area (Å²) in [6.45, 7) is 10.8. The Hall–Kier alpha value is -1.14. The Morgan fingerprint density at radius 3 is 2.53 bits per heavy atom. The third-order valence-corrected chi connectivity index (χ3v) is 3.30. The van der Waals surface area contributed by atoms with Gasteiger partial charge < -0.3 is 16.2 Å². The molecule has 1 aromatic rings. The maximum atomic E-state index is 10.8. The van der Waals surface area contributed by atoms with Crippen LogP contribution in [-0.4, -0.2) is 21.6 Å². The Morgan fingerprint density at radius 2 is 2.05 bits per heavy atom. The highest BCUT2D eigenvalue weighted by atomic mass is 32.1. The molecule has 0 saturated carbocycles. The summed E-state index contributed by atoms with van der Waals surface area (Å²) in [6.07, 6.45) is 0.972. The summed E-state index contributed by atoms with van der Waals surface area (Å²) in [6, 6.07) is -1.06. The topological polar surface area (TPSA) is 88.2 Å². The molecule has 0 radical (unpaired) electrons. The average molecular weight is 285 g/mol. The molecular formula is C13H23N3O2S. The third kappa shape index (κ3) is 5.16. The minimum absolute atomic E-state index is 0.110. The molecular weight excluding hydrogens is 262 g/mol. The Labute approximate surface area is 118 Å². The highest BCUT2D eigenvalue weighted by Crippen LogP contribution is 2.31. The number of rotatable bonds is 5. The second-order valence-corrected chi connectivity index (χ2v) is 7.50. The van der Waals surface area contributed by atoms with Crippen molar-refractivity contribution >= 4 is 22.4 Å². The number of anilines is 1. The van der Waals surface area contributed by atoms with E-state index in [1.54, 1.807) is 5.38 Å². The van der Waals surface area contributed by atoms with E-state index in [4.69, 9.17) is 10.8 Å². The van der Waals surface area contributed by atoms with Crippen LogP contribution in [0.3, 0.4) is 0 Å². The normalized spacial score (nSPS) is 14.2. The fraction of sp³-hybridized carbons (Fsp3) is 0.692. The van der Waals surface area contributed by atoms with Gasteiger partial charge >= 0.3 is 5.97 Å². The SMILES string of the molecule is CC(C)(C)CC(C)(C)Nc1nc(C(N)C(=O)O)cs1. The molecule has 0 bridgehead atoms. The number of thiazole rings is 1. The van der Waals surface area contributed by atoms with Gasteiger partial charge in [0.1, 0.15) is 6.04 Å². The highest BCUT2D eigenvalue weighted by molar-refractivity contribution is 7.13. The van der Waals surface area contributed by atoms with Crippen LogP contribution in [0.25, 0.3) is 0 Å². The van der Waals surface area contributed by atoms with Crippen LogP contribution in [0.2, 0.25) is 0 Å². The molecule has 0 aromatic carbocycles. The van der Waals surface area contributed by atoms with Crippen molar-refractivity contribution in [3.8, 4) is 0 Å². The number of hydrogen-bond acceptors (Lipinski definition) is 5. The van der Waals surface area contributed by atoms with Gasteiger partial charge in [-0.2, -0.15) is 0 Å². The number of nitrogens with zero attached hydrogens (tertiary/aromatic N) is 1. The predicted octanol–water partition coefficient (Wildman–Crippen LogP) is 2.85. The second kappa shape index (κ2) is 5.46. The average Bonchev–Trinajstić information content (AvgIpc) is 2.59. The van der Waals surface area contributed by atoms with Gasteiger partial charge in [0.05, 0.1) is 5.69 Å². The molecule has 0 aliphatic carbocycles. The molecule has 0 aliphatic rings. The molecule has 0 fully saturated rings. The summed E-state index contributed by atoms with van der Waals surface area (Å²) in [5.41, 5.74) is 6.02. The van der Waals surface area contributed by atoms with Crippen LogP contribution in [0.15, 0.2) is 5.38 Å². The lowest BCUT2D eigenvalue weighted by atomic mass is 9.82. The standard InChI is InChI=1S/C13H23N3O2S/c1-12(2,3)7-13(4,5)16-11-15-8(6-19-11)9(14)10(17)18/h6,9H,7,14H2,1-5H3,(H,15,16)(H,17,18). The fourth-order valence-corrected chi connectivity index (χ4v) is 3.20. The molecule has 1 unspecified atom stereocenters. The van der Waals surface area contributed by atoms with Gasteiger partial charge in [0, 0.05) is 10.9 Å². The van der Waals surface area contributed by atoms with Crippen molar-refractivity contribution < 1.29 is 9.90 Å². The zero-order valence-electron chi connectivity index (χ0n) is 12.2. The number of carbonyl (C=O) groups is 1. The van der Waals surface area contributed by atoms with E-state index in [1.165, 1.54) is 11.3 Å². The molecule has 1 rings (SSSR count). The number of carboxylic acid groups (broad SMARTS) is 1. The summed E-state index contributed by atoms with van der Waals surface area (Å²) in [7, 11) is 0. The van der Waals surface area contributed by atoms with Crippen molar-refractivity contribution in [1.29, 1.82) is 0 Å². The second-order valence-electron chi connectivity index (χ2n) is 6.64. The van der Waals surface area contributed by atoms with Crippen LogP contribution in [0.4, 0.5) is 5.13 Å². The number of aliphatic carboxylic acids is 1.